The Balaban J connectivity index is 1.78. The lowest BCUT2D eigenvalue weighted by Gasteiger charge is -2.25. The first-order valence-corrected chi connectivity index (χ1v) is 12.1. The molecule has 6 heteroatoms. The summed E-state index contributed by atoms with van der Waals surface area (Å²) in [6, 6.07) is 16.0. The minimum atomic E-state index is -0.100. The summed E-state index contributed by atoms with van der Waals surface area (Å²) < 4.78 is 0. The summed E-state index contributed by atoms with van der Waals surface area (Å²) in [4.78, 5) is 29.3. The van der Waals surface area contributed by atoms with Crippen molar-refractivity contribution in [2.75, 3.05) is 35.0 Å². The third kappa shape index (κ3) is 5.62. The Morgan fingerprint density at radius 1 is 1.19 bits per heavy atom. The molecule has 2 amide bonds. The van der Waals surface area contributed by atoms with Gasteiger partial charge in [0.15, 0.2) is 0 Å². The van der Waals surface area contributed by atoms with Gasteiger partial charge in [-0.3, -0.25) is 14.5 Å². The van der Waals surface area contributed by atoms with E-state index in [0.29, 0.717) is 5.75 Å². The number of rotatable bonds is 9. The molecule has 2 aromatic carbocycles. The van der Waals surface area contributed by atoms with Crippen molar-refractivity contribution in [1.82, 2.24) is 0 Å². The Bertz CT molecular complexity index is 898. The maximum absolute atomic E-state index is 12.7. The smallest absolute Gasteiger partial charge is 0.238 e. The number of nitrogens with zero attached hydrogens (tertiary/aromatic N) is 2. The lowest BCUT2D eigenvalue weighted by molar-refractivity contribution is -0.120. The number of hydrogen-bond donors (Lipinski definition) is 1. The van der Waals surface area contributed by atoms with E-state index in [-0.39, 0.29) is 23.1 Å². The summed E-state index contributed by atoms with van der Waals surface area (Å²) in [5, 5.41) is 2.99. The highest BCUT2D eigenvalue weighted by molar-refractivity contribution is 8.00. The molecule has 5 nitrogen and oxygen atoms in total. The van der Waals surface area contributed by atoms with Gasteiger partial charge in [0.1, 0.15) is 5.37 Å². The van der Waals surface area contributed by atoms with Crippen LogP contribution in [-0.2, 0) is 9.59 Å². The summed E-state index contributed by atoms with van der Waals surface area (Å²) in [6.07, 6.45) is 3.92. The molecule has 3 rings (SSSR count). The Kier molecular flexibility index (Phi) is 8.02. The first-order valence-electron chi connectivity index (χ1n) is 11.1. The normalized spacial score (nSPS) is 17.0. The van der Waals surface area contributed by atoms with E-state index >= 15 is 0 Å². The van der Waals surface area contributed by atoms with Crippen molar-refractivity contribution >= 4 is 40.6 Å². The van der Waals surface area contributed by atoms with E-state index in [2.05, 4.69) is 19.2 Å². The predicted octanol–water partition coefficient (Wildman–Crippen LogP) is 5.69. The molecule has 1 aliphatic heterocycles. The molecule has 0 bridgehead atoms. The van der Waals surface area contributed by atoms with E-state index in [9.17, 15) is 9.59 Å². The zero-order valence-electron chi connectivity index (χ0n) is 18.9. The molecule has 1 N–H and O–H groups in total. The van der Waals surface area contributed by atoms with Gasteiger partial charge in [0, 0.05) is 37.1 Å². The van der Waals surface area contributed by atoms with Crippen LogP contribution in [0.4, 0.5) is 17.1 Å². The average Bonchev–Trinajstić information content (AvgIpc) is 3.16. The quantitative estimate of drug-likeness (QED) is 0.546. The molecule has 0 saturated carbocycles. The molecule has 1 aliphatic rings. The molecular weight excluding hydrogens is 406 g/mol. The van der Waals surface area contributed by atoms with Crippen molar-refractivity contribution in [2.45, 2.75) is 44.9 Å². The van der Waals surface area contributed by atoms with Crippen LogP contribution in [0.15, 0.2) is 48.5 Å². The highest BCUT2D eigenvalue weighted by Crippen LogP contribution is 2.42. The van der Waals surface area contributed by atoms with Gasteiger partial charge in [0.25, 0.3) is 0 Å². The standard InChI is InChI=1S/C25H33N3O2S/c1-5-7-9-18(6-2)24(30)26-20-11-8-10-19(16-20)25-28(23(29)17-31-25)22-14-12-21(13-15-22)27(3)4/h8,10-16,18,25H,5-7,9,17H2,1-4H3,(H,26,30)/t18-,25+/m1/s1. The van der Waals surface area contributed by atoms with E-state index in [1.54, 1.807) is 11.8 Å². The van der Waals surface area contributed by atoms with Gasteiger partial charge >= 0.3 is 0 Å². The monoisotopic (exact) mass is 439 g/mol. The summed E-state index contributed by atoms with van der Waals surface area (Å²) in [5.74, 6) is 0.677. The molecule has 2 aromatic rings. The van der Waals surface area contributed by atoms with E-state index in [4.69, 9.17) is 0 Å². The van der Waals surface area contributed by atoms with Crippen LogP contribution >= 0.6 is 11.8 Å². The lowest BCUT2D eigenvalue weighted by Crippen LogP contribution is -2.28. The fraction of sp³-hybridized carbons (Fsp3) is 0.440. The van der Waals surface area contributed by atoms with Crippen LogP contribution in [0, 0.1) is 5.92 Å². The van der Waals surface area contributed by atoms with E-state index in [0.717, 1.165) is 48.3 Å². The van der Waals surface area contributed by atoms with Crippen molar-refractivity contribution in [2.24, 2.45) is 5.92 Å². The minimum absolute atomic E-state index is 0.0396. The van der Waals surface area contributed by atoms with Crippen LogP contribution in [0.1, 0.15) is 50.5 Å². The summed E-state index contributed by atoms with van der Waals surface area (Å²) in [6.45, 7) is 4.21. The van der Waals surface area contributed by atoms with E-state index < -0.39 is 0 Å². The molecule has 1 fully saturated rings. The van der Waals surface area contributed by atoms with Crippen LogP contribution in [0.5, 0.6) is 0 Å². The van der Waals surface area contributed by atoms with Gasteiger partial charge in [0.2, 0.25) is 11.8 Å². The van der Waals surface area contributed by atoms with Crippen LogP contribution in [-0.4, -0.2) is 31.7 Å². The molecule has 166 valence electrons. The Morgan fingerprint density at radius 3 is 2.58 bits per heavy atom. The first kappa shape index (κ1) is 23.2. The maximum atomic E-state index is 12.7. The van der Waals surface area contributed by atoms with Gasteiger partial charge in [-0.15, -0.1) is 11.8 Å². The summed E-state index contributed by atoms with van der Waals surface area (Å²) >= 11 is 1.62. The van der Waals surface area contributed by atoms with Crippen molar-refractivity contribution in [1.29, 1.82) is 0 Å². The third-order valence-corrected chi connectivity index (χ3v) is 6.93. The Labute approximate surface area is 190 Å². The van der Waals surface area contributed by atoms with E-state index in [1.807, 2.05) is 72.4 Å². The fourth-order valence-electron chi connectivity index (χ4n) is 3.85. The number of carbonyl (C=O) groups excluding carboxylic acids is 2. The van der Waals surface area contributed by atoms with Crippen LogP contribution in [0.25, 0.3) is 0 Å². The van der Waals surface area contributed by atoms with Gasteiger partial charge in [-0.1, -0.05) is 38.8 Å². The topological polar surface area (TPSA) is 52.7 Å². The van der Waals surface area contributed by atoms with Crippen LogP contribution < -0.4 is 15.1 Å². The second kappa shape index (κ2) is 10.7. The first-order chi connectivity index (χ1) is 14.9. The lowest BCUT2D eigenvalue weighted by atomic mass is 9.98. The Hall–Kier alpha value is -2.47. The number of nitrogens with one attached hydrogen (secondary N) is 1. The number of amides is 2. The second-order valence-corrected chi connectivity index (χ2v) is 9.27. The van der Waals surface area contributed by atoms with Crippen molar-refractivity contribution in [3.8, 4) is 0 Å². The van der Waals surface area contributed by atoms with Gasteiger partial charge < -0.3 is 10.2 Å². The minimum Gasteiger partial charge on any atom is -0.378 e. The van der Waals surface area contributed by atoms with Gasteiger partial charge in [-0.25, -0.2) is 0 Å². The molecule has 0 aromatic heterocycles. The molecule has 1 heterocycles. The molecular formula is C25H33N3O2S. The molecule has 0 unspecified atom stereocenters. The predicted molar refractivity (Wildman–Crippen MR) is 132 cm³/mol. The number of unbranched alkanes of at least 4 members (excludes halogenated alkanes) is 1. The molecule has 1 saturated heterocycles. The van der Waals surface area contributed by atoms with Crippen molar-refractivity contribution < 1.29 is 9.59 Å². The number of thioether (sulfide) groups is 1. The van der Waals surface area contributed by atoms with Crippen LogP contribution in [0.2, 0.25) is 0 Å². The molecule has 2 atom stereocenters. The molecule has 31 heavy (non-hydrogen) atoms. The van der Waals surface area contributed by atoms with Gasteiger partial charge in [-0.2, -0.15) is 0 Å². The highest BCUT2D eigenvalue weighted by Gasteiger charge is 2.34. The maximum Gasteiger partial charge on any atom is 0.238 e. The summed E-state index contributed by atoms with van der Waals surface area (Å²) in [5.41, 5.74) is 3.80. The van der Waals surface area contributed by atoms with E-state index in [1.165, 1.54) is 0 Å². The number of hydrogen-bond acceptors (Lipinski definition) is 4. The molecule has 0 aliphatic carbocycles. The number of carbonyl (C=O) groups is 2. The summed E-state index contributed by atoms with van der Waals surface area (Å²) in [7, 11) is 4.00. The van der Waals surface area contributed by atoms with Gasteiger partial charge in [-0.05, 0) is 54.8 Å². The molecule has 0 radical (unpaired) electrons. The zero-order chi connectivity index (χ0) is 22.4. The zero-order valence-corrected chi connectivity index (χ0v) is 19.7. The van der Waals surface area contributed by atoms with Crippen molar-refractivity contribution in [3.63, 3.8) is 0 Å². The number of anilines is 3. The van der Waals surface area contributed by atoms with Crippen LogP contribution in [0.3, 0.4) is 0 Å². The largest absolute Gasteiger partial charge is 0.378 e. The average molecular weight is 440 g/mol. The Morgan fingerprint density at radius 2 is 1.94 bits per heavy atom. The third-order valence-electron chi connectivity index (χ3n) is 5.72. The second-order valence-electron chi connectivity index (χ2n) is 8.20. The highest BCUT2D eigenvalue weighted by atomic mass is 32.2. The van der Waals surface area contributed by atoms with Gasteiger partial charge in [0.05, 0.1) is 5.75 Å². The van der Waals surface area contributed by atoms with Crippen molar-refractivity contribution in [3.05, 3.63) is 54.1 Å². The SMILES string of the molecule is CCCC[C@@H](CC)C(=O)Nc1cccc([C@@H]2SCC(=O)N2c2ccc(N(C)C)cc2)c1. The fourth-order valence-corrected chi connectivity index (χ4v) is 5.01. The number of benzene rings is 2. The molecule has 0 spiro atoms.